The van der Waals surface area contributed by atoms with Crippen molar-refractivity contribution in [2.45, 2.75) is 32.4 Å². The first-order chi connectivity index (χ1) is 12.3. The van der Waals surface area contributed by atoms with E-state index in [2.05, 4.69) is 72.5 Å². The van der Waals surface area contributed by atoms with Crippen molar-refractivity contribution in [1.82, 2.24) is 0 Å². The highest BCUT2D eigenvalue weighted by molar-refractivity contribution is 5.68. The SMILES string of the molecule is Cc1ccccc1N(c1ccc(OCc2ccccc2)cc1)C1CC1. The van der Waals surface area contributed by atoms with Crippen molar-refractivity contribution < 1.29 is 4.74 Å². The summed E-state index contributed by atoms with van der Waals surface area (Å²) >= 11 is 0. The van der Waals surface area contributed by atoms with Gasteiger partial charge in [-0.05, 0) is 61.2 Å². The van der Waals surface area contributed by atoms with E-state index in [4.69, 9.17) is 4.74 Å². The van der Waals surface area contributed by atoms with Crippen molar-refractivity contribution in [3.8, 4) is 5.75 Å². The minimum atomic E-state index is 0.602. The van der Waals surface area contributed by atoms with Gasteiger partial charge in [-0.15, -0.1) is 0 Å². The molecule has 1 aliphatic carbocycles. The summed E-state index contributed by atoms with van der Waals surface area (Å²) in [5.41, 5.74) is 5.05. The number of ether oxygens (including phenoxy) is 1. The maximum atomic E-state index is 5.91. The maximum Gasteiger partial charge on any atom is 0.119 e. The van der Waals surface area contributed by atoms with Crippen molar-refractivity contribution >= 4 is 11.4 Å². The second-order valence-corrected chi connectivity index (χ2v) is 6.66. The van der Waals surface area contributed by atoms with E-state index in [0.29, 0.717) is 12.6 Å². The minimum absolute atomic E-state index is 0.602. The van der Waals surface area contributed by atoms with Crippen LogP contribution in [0.15, 0.2) is 78.9 Å². The zero-order valence-corrected chi connectivity index (χ0v) is 14.6. The van der Waals surface area contributed by atoms with Gasteiger partial charge in [0.15, 0.2) is 0 Å². The van der Waals surface area contributed by atoms with Gasteiger partial charge in [0.25, 0.3) is 0 Å². The fourth-order valence-corrected chi connectivity index (χ4v) is 3.16. The second kappa shape index (κ2) is 7.02. The predicted molar refractivity (Wildman–Crippen MR) is 104 cm³/mol. The predicted octanol–water partition coefficient (Wildman–Crippen LogP) is 5.87. The lowest BCUT2D eigenvalue weighted by Crippen LogP contribution is -2.20. The molecule has 3 aromatic carbocycles. The molecule has 0 heterocycles. The summed E-state index contributed by atoms with van der Waals surface area (Å²) < 4.78 is 5.91. The summed E-state index contributed by atoms with van der Waals surface area (Å²) in [6.45, 7) is 2.78. The fraction of sp³-hybridized carbons (Fsp3) is 0.217. The van der Waals surface area contributed by atoms with Crippen LogP contribution >= 0.6 is 0 Å². The van der Waals surface area contributed by atoms with Gasteiger partial charge in [0.1, 0.15) is 12.4 Å². The van der Waals surface area contributed by atoms with Crippen molar-refractivity contribution in [3.63, 3.8) is 0 Å². The molecule has 0 spiro atoms. The first-order valence-electron chi connectivity index (χ1n) is 8.93. The van der Waals surface area contributed by atoms with E-state index < -0.39 is 0 Å². The van der Waals surface area contributed by atoms with Crippen LogP contribution in [0.2, 0.25) is 0 Å². The minimum Gasteiger partial charge on any atom is -0.489 e. The van der Waals surface area contributed by atoms with Crippen molar-refractivity contribution in [3.05, 3.63) is 90.0 Å². The van der Waals surface area contributed by atoms with Gasteiger partial charge in [0.2, 0.25) is 0 Å². The molecule has 4 rings (SSSR count). The Bertz CT molecular complexity index is 822. The number of hydrogen-bond donors (Lipinski definition) is 0. The Morgan fingerprint density at radius 3 is 2.20 bits per heavy atom. The van der Waals surface area contributed by atoms with Gasteiger partial charge in [-0.25, -0.2) is 0 Å². The van der Waals surface area contributed by atoms with E-state index in [1.54, 1.807) is 0 Å². The maximum absolute atomic E-state index is 5.91. The Balaban J connectivity index is 1.51. The molecule has 126 valence electrons. The summed E-state index contributed by atoms with van der Waals surface area (Å²) in [7, 11) is 0. The van der Waals surface area contributed by atoms with E-state index in [1.165, 1.54) is 35.3 Å². The molecule has 0 bridgehead atoms. The Labute approximate surface area is 149 Å². The largest absolute Gasteiger partial charge is 0.489 e. The summed E-state index contributed by atoms with van der Waals surface area (Å²) in [5.74, 6) is 0.910. The standard InChI is InChI=1S/C23H23NO/c1-18-7-5-6-10-23(18)24(20-11-12-20)21-13-15-22(16-14-21)25-17-19-8-3-2-4-9-19/h2-10,13-16,20H,11-12,17H2,1H3. The molecule has 0 aromatic heterocycles. The fourth-order valence-electron chi connectivity index (χ4n) is 3.16. The molecule has 25 heavy (non-hydrogen) atoms. The molecule has 1 saturated carbocycles. The van der Waals surface area contributed by atoms with E-state index in [9.17, 15) is 0 Å². The van der Waals surface area contributed by atoms with Gasteiger partial charge in [0.05, 0.1) is 0 Å². The molecule has 0 aliphatic heterocycles. The van der Waals surface area contributed by atoms with Crippen LogP contribution in [0.5, 0.6) is 5.75 Å². The molecule has 0 saturated heterocycles. The van der Waals surface area contributed by atoms with Crippen molar-refractivity contribution in [1.29, 1.82) is 0 Å². The molecule has 1 aliphatic rings. The Hall–Kier alpha value is -2.74. The number of hydrogen-bond acceptors (Lipinski definition) is 2. The van der Waals surface area contributed by atoms with Gasteiger partial charge in [-0.3, -0.25) is 0 Å². The second-order valence-electron chi connectivity index (χ2n) is 6.66. The third kappa shape index (κ3) is 3.69. The normalized spacial score (nSPS) is 13.5. The molecule has 0 atom stereocenters. The summed E-state index contributed by atoms with van der Waals surface area (Å²) in [5, 5.41) is 0. The number of rotatable bonds is 6. The molecule has 0 amide bonds. The highest BCUT2D eigenvalue weighted by Crippen LogP contribution is 2.39. The lowest BCUT2D eigenvalue weighted by atomic mass is 10.1. The van der Waals surface area contributed by atoms with Gasteiger partial charge in [0, 0.05) is 17.4 Å². The highest BCUT2D eigenvalue weighted by atomic mass is 16.5. The molecule has 1 fully saturated rings. The Morgan fingerprint density at radius 2 is 1.52 bits per heavy atom. The number of anilines is 2. The number of nitrogens with zero attached hydrogens (tertiary/aromatic N) is 1. The van der Waals surface area contributed by atoms with Crippen molar-refractivity contribution in [2.75, 3.05) is 4.90 Å². The zero-order valence-electron chi connectivity index (χ0n) is 14.6. The summed E-state index contributed by atoms with van der Waals surface area (Å²) in [4.78, 5) is 2.47. The lowest BCUT2D eigenvalue weighted by Gasteiger charge is -2.26. The number of benzene rings is 3. The quantitative estimate of drug-likeness (QED) is 0.560. The molecular weight excluding hydrogens is 306 g/mol. The van der Waals surface area contributed by atoms with Gasteiger partial charge in [-0.1, -0.05) is 48.5 Å². The van der Waals surface area contributed by atoms with E-state index >= 15 is 0 Å². The smallest absolute Gasteiger partial charge is 0.119 e. The first kappa shape index (κ1) is 15.8. The van der Waals surface area contributed by atoms with Gasteiger partial charge >= 0.3 is 0 Å². The molecule has 0 N–H and O–H groups in total. The average Bonchev–Trinajstić information content (AvgIpc) is 3.49. The van der Waals surface area contributed by atoms with Crippen LogP contribution in [0.1, 0.15) is 24.0 Å². The summed E-state index contributed by atoms with van der Waals surface area (Å²) in [6.07, 6.45) is 2.53. The van der Waals surface area contributed by atoms with Crippen LogP contribution < -0.4 is 9.64 Å². The topological polar surface area (TPSA) is 12.5 Å². The molecular formula is C23H23NO. The first-order valence-corrected chi connectivity index (χ1v) is 8.93. The zero-order chi connectivity index (χ0) is 17.1. The lowest BCUT2D eigenvalue weighted by molar-refractivity contribution is 0.306. The van der Waals surface area contributed by atoms with Crippen LogP contribution in [0.4, 0.5) is 11.4 Å². The van der Waals surface area contributed by atoms with E-state index in [0.717, 1.165) is 5.75 Å². The van der Waals surface area contributed by atoms with Crippen LogP contribution in [0.25, 0.3) is 0 Å². The molecule has 2 nitrogen and oxygen atoms in total. The number of para-hydroxylation sites is 1. The molecule has 0 radical (unpaired) electrons. The van der Waals surface area contributed by atoms with Crippen LogP contribution in [0.3, 0.4) is 0 Å². The third-order valence-corrected chi connectivity index (χ3v) is 4.65. The van der Waals surface area contributed by atoms with Gasteiger partial charge in [-0.2, -0.15) is 0 Å². The molecule has 2 heteroatoms. The molecule has 0 unspecified atom stereocenters. The van der Waals surface area contributed by atoms with E-state index in [-0.39, 0.29) is 0 Å². The van der Waals surface area contributed by atoms with Crippen molar-refractivity contribution in [2.24, 2.45) is 0 Å². The Kier molecular flexibility index (Phi) is 4.43. The van der Waals surface area contributed by atoms with Gasteiger partial charge < -0.3 is 9.64 Å². The Morgan fingerprint density at radius 1 is 0.840 bits per heavy atom. The van der Waals surface area contributed by atoms with Crippen LogP contribution in [-0.4, -0.2) is 6.04 Å². The van der Waals surface area contributed by atoms with Crippen LogP contribution in [-0.2, 0) is 6.61 Å². The third-order valence-electron chi connectivity index (χ3n) is 4.65. The monoisotopic (exact) mass is 329 g/mol. The van der Waals surface area contributed by atoms with Crippen LogP contribution in [0, 0.1) is 6.92 Å². The van der Waals surface area contributed by atoms with E-state index in [1.807, 2.05) is 18.2 Å². The summed E-state index contributed by atoms with van der Waals surface area (Å²) in [6, 6.07) is 28.0. The molecule has 3 aromatic rings. The average molecular weight is 329 g/mol. The highest BCUT2D eigenvalue weighted by Gasteiger charge is 2.31. The number of aryl methyl sites for hydroxylation is 1.